The van der Waals surface area contributed by atoms with Crippen molar-refractivity contribution < 1.29 is 12.8 Å². The van der Waals surface area contributed by atoms with Crippen LogP contribution in [0, 0.1) is 18.2 Å². The Morgan fingerprint density at radius 3 is 2.72 bits per heavy atom. The summed E-state index contributed by atoms with van der Waals surface area (Å²) >= 11 is 2.90. The van der Waals surface area contributed by atoms with E-state index in [2.05, 4.69) is 26.6 Å². The van der Waals surface area contributed by atoms with Crippen LogP contribution in [0.3, 0.4) is 0 Å². The fraction of sp³-hybridized carbons (Fsp3) is 0.273. The first-order valence-corrected chi connectivity index (χ1v) is 7.32. The predicted octanol–water partition coefficient (Wildman–Crippen LogP) is 1.86. The Bertz CT molecular complexity index is 596. The summed E-state index contributed by atoms with van der Waals surface area (Å²) in [4.78, 5) is -0.525. The van der Waals surface area contributed by atoms with Gasteiger partial charge in [-0.05, 0) is 34.5 Å². The highest BCUT2D eigenvalue weighted by Crippen LogP contribution is 2.26. The Balaban J connectivity index is 3.26. The van der Waals surface area contributed by atoms with E-state index in [0.29, 0.717) is 6.42 Å². The average Bonchev–Trinajstić information content (AvgIpc) is 2.30. The van der Waals surface area contributed by atoms with Gasteiger partial charge in [-0.2, -0.15) is 4.72 Å². The number of terminal acetylenes is 1. The molecule has 0 aromatic heterocycles. The molecule has 4 nitrogen and oxygen atoms in total. The largest absolute Gasteiger partial charge is 0.399 e. The van der Waals surface area contributed by atoms with Gasteiger partial charge in [-0.25, -0.2) is 12.8 Å². The van der Waals surface area contributed by atoms with E-state index in [1.807, 2.05) is 0 Å². The van der Waals surface area contributed by atoms with Gasteiger partial charge in [-0.1, -0.05) is 12.8 Å². The van der Waals surface area contributed by atoms with Crippen LogP contribution < -0.4 is 10.5 Å². The van der Waals surface area contributed by atoms with E-state index in [4.69, 9.17) is 12.2 Å². The molecule has 7 heteroatoms. The number of nitrogen functional groups attached to an aromatic ring is 1. The first-order chi connectivity index (χ1) is 8.31. The highest BCUT2D eigenvalue weighted by atomic mass is 79.9. The molecule has 0 spiro atoms. The molecular formula is C11H12BrFN2O2S. The van der Waals surface area contributed by atoms with Crippen molar-refractivity contribution in [2.45, 2.75) is 24.3 Å². The second-order valence-corrected chi connectivity index (χ2v) is 6.10. The minimum atomic E-state index is -4.04. The van der Waals surface area contributed by atoms with Crippen LogP contribution in [0.1, 0.15) is 13.3 Å². The average molecular weight is 335 g/mol. The third kappa shape index (κ3) is 3.22. The zero-order valence-electron chi connectivity index (χ0n) is 9.57. The van der Waals surface area contributed by atoms with E-state index in [0.717, 1.165) is 6.07 Å². The molecule has 1 aromatic carbocycles. The maximum atomic E-state index is 13.8. The zero-order valence-corrected chi connectivity index (χ0v) is 12.0. The summed E-state index contributed by atoms with van der Waals surface area (Å²) in [5, 5.41) is 0. The van der Waals surface area contributed by atoms with Gasteiger partial charge < -0.3 is 5.73 Å². The van der Waals surface area contributed by atoms with Gasteiger partial charge in [0.05, 0.1) is 10.5 Å². The maximum Gasteiger partial charge on any atom is 0.244 e. The molecule has 0 radical (unpaired) electrons. The number of anilines is 1. The summed E-state index contributed by atoms with van der Waals surface area (Å²) in [5.74, 6) is 1.37. The molecule has 3 N–H and O–H groups in total. The van der Waals surface area contributed by atoms with Crippen LogP contribution in [0.25, 0.3) is 0 Å². The first-order valence-electron chi connectivity index (χ1n) is 5.04. The standard InChI is InChI=1S/C11H12BrFN2O2S/c1-3-8(4-2)15-18(16,17)10-6-7(14)5-9(12)11(10)13/h1,5-6,8,15H,4,14H2,2H3. The molecule has 0 aliphatic carbocycles. The number of rotatable bonds is 4. The van der Waals surface area contributed by atoms with Crippen LogP contribution in [-0.2, 0) is 10.0 Å². The lowest BCUT2D eigenvalue weighted by atomic mass is 10.3. The van der Waals surface area contributed by atoms with Crippen LogP contribution in [0.4, 0.5) is 10.1 Å². The van der Waals surface area contributed by atoms with Gasteiger partial charge in [0.2, 0.25) is 10.0 Å². The fourth-order valence-electron chi connectivity index (χ4n) is 1.27. The highest BCUT2D eigenvalue weighted by Gasteiger charge is 2.23. The molecule has 1 rings (SSSR count). The number of halogens is 2. The maximum absolute atomic E-state index is 13.8. The van der Waals surface area contributed by atoms with Gasteiger partial charge in [0, 0.05) is 5.69 Å². The van der Waals surface area contributed by atoms with Crippen molar-refractivity contribution in [1.82, 2.24) is 4.72 Å². The summed E-state index contributed by atoms with van der Waals surface area (Å²) in [6.07, 6.45) is 5.57. The van der Waals surface area contributed by atoms with E-state index in [1.165, 1.54) is 6.07 Å². The Hall–Kier alpha value is -1.10. The second kappa shape index (κ2) is 5.69. The molecule has 18 heavy (non-hydrogen) atoms. The number of nitrogens with two attached hydrogens (primary N) is 1. The smallest absolute Gasteiger partial charge is 0.244 e. The Morgan fingerprint density at radius 1 is 1.61 bits per heavy atom. The molecule has 0 bridgehead atoms. The second-order valence-electron chi connectivity index (χ2n) is 3.56. The van der Waals surface area contributed by atoms with Gasteiger partial charge >= 0.3 is 0 Å². The highest BCUT2D eigenvalue weighted by molar-refractivity contribution is 9.10. The molecular weight excluding hydrogens is 323 g/mol. The molecule has 0 aliphatic rings. The summed E-state index contributed by atoms with van der Waals surface area (Å²) in [6, 6.07) is 1.65. The molecule has 0 aliphatic heterocycles. The molecule has 0 amide bonds. The van der Waals surface area contributed by atoms with Crippen molar-refractivity contribution in [3.8, 4) is 12.3 Å². The normalized spacial score (nSPS) is 13.0. The lowest BCUT2D eigenvalue weighted by Crippen LogP contribution is -2.33. The van der Waals surface area contributed by atoms with Crippen molar-refractivity contribution in [2.24, 2.45) is 0 Å². The number of hydrogen-bond donors (Lipinski definition) is 2. The van der Waals surface area contributed by atoms with Crippen molar-refractivity contribution in [3.05, 3.63) is 22.4 Å². The Morgan fingerprint density at radius 2 is 2.22 bits per heavy atom. The third-order valence-corrected chi connectivity index (χ3v) is 4.26. The minimum Gasteiger partial charge on any atom is -0.399 e. The molecule has 1 atom stereocenters. The zero-order chi connectivity index (χ0) is 13.9. The van der Waals surface area contributed by atoms with Crippen LogP contribution in [-0.4, -0.2) is 14.5 Å². The van der Waals surface area contributed by atoms with Crippen molar-refractivity contribution in [1.29, 1.82) is 0 Å². The van der Waals surface area contributed by atoms with Crippen molar-refractivity contribution >= 4 is 31.6 Å². The van der Waals surface area contributed by atoms with Crippen LogP contribution >= 0.6 is 15.9 Å². The lowest BCUT2D eigenvalue weighted by Gasteiger charge is -2.13. The SMILES string of the molecule is C#CC(CC)NS(=O)(=O)c1cc(N)cc(Br)c1F. The number of sulfonamides is 1. The summed E-state index contributed by atoms with van der Waals surface area (Å²) in [6.45, 7) is 1.72. The molecule has 1 unspecified atom stereocenters. The van der Waals surface area contributed by atoms with E-state index in [9.17, 15) is 12.8 Å². The summed E-state index contributed by atoms with van der Waals surface area (Å²) in [5.41, 5.74) is 5.63. The Labute approximate surface area is 114 Å². The van der Waals surface area contributed by atoms with Gasteiger partial charge in [0.15, 0.2) is 5.82 Å². The monoisotopic (exact) mass is 334 g/mol. The molecule has 0 saturated carbocycles. The minimum absolute atomic E-state index is 0.0170. The summed E-state index contributed by atoms with van der Waals surface area (Å²) in [7, 11) is -4.04. The van der Waals surface area contributed by atoms with Crippen LogP contribution in [0.15, 0.2) is 21.5 Å². The first kappa shape index (κ1) is 15.0. The van der Waals surface area contributed by atoms with E-state index in [-0.39, 0.29) is 10.2 Å². The number of hydrogen-bond acceptors (Lipinski definition) is 3. The van der Waals surface area contributed by atoms with Gasteiger partial charge in [0.25, 0.3) is 0 Å². The summed E-state index contributed by atoms with van der Waals surface area (Å²) < 4.78 is 39.9. The van der Waals surface area contributed by atoms with Crippen molar-refractivity contribution in [2.75, 3.05) is 5.73 Å². The van der Waals surface area contributed by atoms with Gasteiger partial charge in [-0.15, -0.1) is 6.42 Å². The van der Waals surface area contributed by atoms with Gasteiger partial charge in [-0.3, -0.25) is 0 Å². The van der Waals surface area contributed by atoms with Gasteiger partial charge in [0.1, 0.15) is 4.90 Å². The van der Waals surface area contributed by atoms with E-state index in [1.54, 1.807) is 6.92 Å². The molecule has 1 aromatic rings. The predicted molar refractivity (Wildman–Crippen MR) is 71.7 cm³/mol. The lowest BCUT2D eigenvalue weighted by molar-refractivity contribution is 0.547. The topological polar surface area (TPSA) is 72.2 Å². The van der Waals surface area contributed by atoms with Crippen LogP contribution in [0.2, 0.25) is 0 Å². The Kier molecular flexibility index (Phi) is 4.73. The molecule has 0 fully saturated rings. The van der Waals surface area contributed by atoms with E-state index >= 15 is 0 Å². The number of benzene rings is 1. The van der Waals surface area contributed by atoms with E-state index < -0.39 is 26.8 Å². The molecule has 0 saturated heterocycles. The molecule has 98 valence electrons. The van der Waals surface area contributed by atoms with Crippen molar-refractivity contribution in [3.63, 3.8) is 0 Å². The third-order valence-electron chi connectivity index (χ3n) is 2.21. The molecule has 0 heterocycles. The fourth-order valence-corrected chi connectivity index (χ4v) is 3.25. The quantitative estimate of drug-likeness (QED) is 0.652. The van der Waals surface area contributed by atoms with Crippen LogP contribution in [0.5, 0.6) is 0 Å². The number of nitrogens with one attached hydrogen (secondary N) is 1.